The molecule has 0 saturated heterocycles. The van der Waals surface area contributed by atoms with Gasteiger partial charge in [0.15, 0.2) is 0 Å². The van der Waals surface area contributed by atoms with Crippen LogP contribution >= 0.6 is 14.7 Å². The van der Waals surface area contributed by atoms with Crippen molar-refractivity contribution in [2.24, 2.45) is 23.3 Å². The van der Waals surface area contributed by atoms with E-state index in [1.54, 1.807) is 0 Å². The van der Waals surface area contributed by atoms with Crippen LogP contribution < -0.4 is 32.3 Å². The molecule has 2 amide bonds. The van der Waals surface area contributed by atoms with Crippen LogP contribution in [0.25, 0.3) is 22.3 Å². The molecule has 2 unspecified atom stereocenters. The molecule has 4 rings (SSSR count). The summed E-state index contributed by atoms with van der Waals surface area (Å²) in [5.41, 5.74) is 16.9. The topological polar surface area (TPSA) is 265 Å². The summed E-state index contributed by atoms with van der Waals surface area (Å²) in [5, 5.41) is 26.5. The molecule has 0 aliphatic heterocycles. The molecule has 59 heavy (non-hydrogen) atoms. The van der Waals surface area contributed by atoms with Crippen molar-refractivity contribution in [3.8, 4) is 22.3 Å². The third kappa shape index (κ3) is 16.3. The van der Waals surface area contributed by atoms with Gasteiger partial charge >= 0.3 is 19.5 Å². The Hall–Kier alpha value is -4.32. The van der Waals surface area contributed by atoms with Crippen LogP contribution in [-0.2, 0) is 60.6 Å². The van der Waals surface area contributed by atoms with Gasteiger partial charge < -0.3 is 51.7 Å². The molecule has 0 spiro atoms. The molecule has 0 heterocycles. The van der Waals surface area contributed by atoms with Gasteiger partial charge in [-0.2, -0.15) is 0 Å². The van der Waals surface area contributed by atoms with Gasteiger partial charge in [0.2, 0.25) is 26.6 Å². The van der Waals surface area contributed by atoms with Crippen molar-refractivity contribution < 1.29 is 67.8 Å². The first-order valence-electron chi connectivity index (χ1n) is 18.7. The van der Waals surface area contributed by atoms with E-state index in [4.69, 9.17) is 11.5 Å². The fraction of sp³-hybridized carbons (Fsp3) is 0.333. The average Bonchev–Trinajstić information content (AvgIpc) is 3.18. The third-order valence-corrected chi connectivity index (χ3v) is 14.0. The second kappa shape index (κ2) is 23.5. The Morgan fingerprint density at radius 3 is 1.07 bits per heavy atom. The van der Waals surface area contributed by atoms with E-state index in [1.165, 1.54) is 27.7 Å². The summed E-state index contributed by atoms with van der Waals surface area (Å²) < 4.78 is 24.8. The molecule has 312 valence electrons. The first kappa shape index (κ1) is 50.8. The normalized spacial score (nSPS) is 16.0. The Morgan fingerprint density at radius 1 is 0.542 bits per heavy atom. The minimum atomic E-state index is -3.78. The van der Waals surface area contributed by atoms with Gasteiger partial charge in [0.25, 0.3) is 0 Å². The van der Waals surface area contributed by atoms with Crippen LogP contribution in [0.1, 0.15) is 38.8 Å². The number of nitrogens with one attached hydrogen (secondary N) is 2. The van der Waals surface area contributed by atoms with Crippen molar-refractivity contribution in [2.45, 2.75) is 64.2 Å². The average molecular weight is 900 g/mol. The van der Waals surface area contributed by atoms with Crippen LogP contribution in [0.2, 0.25) is 0 Å². The fourth-order valence-corrected chi connectivity index (χ4v) is 8.24. The second-order valence-corrected chi connectivity index (χ2v) is 19.8. The van der Waals surface area contributed by atoms with Gasteiger partial charge in [-0.1, -0.05) is 109 Å². The van der Waals surface area contributed by atoms with E-state index >= 15 is 0 Å². The van der Waals surface area contributed by atoms with E-state index in [0.717, 1.165) is 33.4 Å². The van der Waals surface area contributed by atoms with Gasteiger partial charge in [-0.05, 0) is 73.9 Å². The number of amides is 2. The molecule has 0 bridgehead atoms. The molecule has 4 aromatic carbocycles. The summed E-state index contributed by atoms with van der Waals surface area (Å²) in [6, 6.07) is 32.2. The maximum absolute atomic E-state index is 12.6. The van der Waals surface area contributed by atoms with E-state index in [0.29, 0.717) is 0 Å². The number of nitrogens with two attached hydrogens (primary N) is 2. The SMILES string of the molecule is C[C@H](NC(=O)[C@H](Cc1ccc(-c2ccccc2)cc1)CP(=O)(O)[C@@H](C)N)C(=O)[O-].C[C@H](NC(=O)[C@H](Cc1ccc(-c2ccccc2)cc1)CP(=O)(O)[C@@H](C)N)C(=O)[O-].[Zn+2]. The van der Waals surface area contributed by atoms with E-state index in [1.807, 2.05) is 109 Å². The second-order valence-electron chi connectivity index (χ2n) is 14.4. The predicted octanol–water partition coefficient (Wildman–Crippen LogP) is 2.68. The number of carbonyl (C=O) groups excluding carboxylic acids is 4. The summed E-state index contributed by atoms with van der Waals surface area (Å²) in [6.45, 7) is 5.38. The molecule has 4 aromatic rings. The number of hydrogen-bond donors (Lipinski definition) is 6. The minimum Gasteiger partial charge on any atom is -0.548 e. The van der Waals surface area contributed by atoms with E-state index < -0.39 is 74.0 Å². The summed E-state index contributed by atoms with van der Waals surface area (Å²) in [4.78, 5) is 67.3. The number of carbonyl (C=O) groups is 4. The van der Waals surface area contributed by atoms with E-state index in [-0.39, 0.29) is 44.6 Å². The molecular weight excluding hydrogens is 848 g/mol. The zero-order valence-corrected chi connectivity index (χ0v) is 38.4. The quantitative estimate of drug-likeness (QED) is 0.0622. The zero-order valence-electron chi connectivity index (χ0n) is 33.6. The van der Waals surface area contributed by atoms with Gasteiger partial charge in [-0.3, -0.25) is 18.7 Å². The molecule has 17 heteroatoms. The Kier molecular flexibility index (Phi) is 20.2. The first-order valence-corrected chi connectivity index (χ1v) is 22.5. The molecule has 0 radical (unpaired) electrons. The molecule has 8 atom stereocenters. The number of carboxylic acids is 2. The van der Waals surface area contributed by atoms with Crippen LogP contribution in [-0.4, -0.2) is 69.5 Å². The fourth-order valence-electron chi connectivity index (χ4n) is 5.72. The summed E-state index contributed by atoms with van der Waals surface area (Å²) >= 11 is 0. The van der Waals surface area contributed by atoms with E-state index in [9.17, 15) is 48.3 Å². The smallest absolute Gasteiger partial charge is 0.548 e. The summed E-state index contributed by atoms with van der Waals surface area (Å²) in [5.74, 6) is -7.88. The first-order chi connectivity index (χ1) is 27.2. The monoisotopic (exact) mass is 898 g/mol. The van der Waals surface area contributed by atoms with Gasteiger partial charge in [-0.15, -0.1) is 0 Å². The van der Waals surface area contributed by atoms with Crippen LogP contribution in [0.15, 0.2) is 109 Å². The maximum atomic E-state index is 12.6. The summed E-state index contributed by atoms with van der Waals surface area (Å²) in [6.07, 6.45) is -0.316. The molecule has 14 nitrogen and oxygen atoms in total. The van der Waals surface area contributed by atoms with Crippen LogP contribution in [0.3, 0.4) is 0 Å². The van der Waals surface area contributed by atoms with Crippen molar-refractivity contribution in [1.82, 2.24) is 10.6 Å². The van der Waals surface area contributed by atoms with E-state index in [2.05, 4.69) is 10.6 Å². The minimum absolute atomic E-state index is 0. The number of rotatable bonds is 18. The Bertz CT molecular complexity index is 1920. The molecule has 0 aliphatic carbocycles. The summed E-state index contributed by atoms with van der Waals surface area (Å²) in [7, 11) is -7.56. The molecule has 8 N–H and O–H groups in total. The Morgan fingerprint density at radius 2 is 0.814 bits per heavy atom. The number of hydrogen-bond acceptors (Lipinski definition) is 10. The van der Waals surface area contributed by atoms with Gasteiger partial charge in [0.1, 0.15) is 0 Å². The number of carboxylic acid groups (broad SMARTS) is 2. The molecule has 0 aromatic heterocycles. The van der Waals surface area contributed by atoms with Crippen LogP contribution in [0.5, 0.6) is 0 Å². The largest absolute Gasteiger partial charge is 2.00 e. The number of benzene rings is 4. The maximum Gasteiger partial charge on any atom is 2.00 e. The molecule has 0 aliphatic rings. The van der Waals surface area contributed by atoms with Crippen molar-refractivity contribution in [3.05, 3.63) is 120 Å². The molecular formula is C42H52N4O10P2Zn. The van der Waals surface area contributed by atoms with Crippen LogP contribution in [0.4, 0.5) is 0 Å². The van der Waals surface area contributed by atoms with Crippen molar-refractivity contribution in [3.63, 3.8) is 0 Å². The Labute approximate surface area is 357 Å². The standard InChI is InChI=1S/2C21H27N2O5P.Zn/c2*1-14(21(25)26)23-20(24)19(13-29(27,28)15(2)22)12-16-8-10-18(11-9-16)17-6-4-3-5-7-17;/h2*3-11,14-15,19H,12-13,22H2,1-2H3,(H,23,24)(H,25,26)(H,27,28);/q;;+2/p-2/t2*14-,15-,19+;/m00./s1. The van der Waals surface area contributed by atoms with Gasteiger partial charge in [0.05, 0.1) is 47.4 Å². The van der Waals surface area contributed by atoms with Gasteiger partial charge in [0, 0.05) is 12.3 Å². The Balaban J connectivity index is 0.000000400. The third-order valence-electron chi connectivity index (χ3n) is 9.49. The van der Waals surface area contributed by atoms with Gasteiger partial charge in [-0.25, -0.2) is 0 Å². The molecule has 0 saturated carbocycles. The van der Waals surface area contributed by atoms with Crippen molar-refractivity contribution >= 4 is 38.5 Å². The zero-order chi connectivity index (χ0) is 43.2. The number of aliphatic carboxylic acids is 2. The predicted molar refractivity (Wildman–Crippen MR) is 220 cm³/mol. The van der Waals surface area contributed by atoms with Crippen molar-refractivity contribution in [1.29, 1.82) is 0 Å². The molecule has 0 fully saturated rings. The van der Waals surface area contributed by atoms with Crippen LogP contribution in [0, 0.1) is 11.8 Å². The van der Waals surface area contributed by atoms with Crippen molar-refractivity contribution in [2.75, 3.05) is 12.3 Å².